The highest BCUT2D eigenvalue weighted by Crippen LogP contribution is 2.31. The van der Waals surface area contributed by atoms with E-state index in [4.69, 9.17) is 31.5 Å². The summed E-state index contributed by atoms with van der Waals surface area (Å²) in [7, 11) is 3.01. The maximum absolute atomic E-state index is 13.2. The fraction of sp³-hybridized carbons (Fsp3) is 0.111. The van der Waals surface area contributed by atoms with Gasteiger partial charge in [0.1, 0.15) is 17.9 Å². The van der Waals surface area contributed by atoms with Gasteiger partial charge in [-0.2, -0.15) is 0 Å². The van der Waals surface area contributed by atoms with Gasteiger partial charge in [-0.15, -0.1) is 0 Å². The molecule has 0 atom stereocenters. The highest BCUT2D eigenvalue weighted by Gasteiger charge is 2.34. The zero-order valence-corrected chi connectivity index (χ0v) is 20.7. The molecule has 1 heterocycles. The first kappa shape index (κ1) is 25.4. The van der Waals surface area contributed by atoms with Gasteiger partial charge in [-0.3, -0.25) is 19.8 Å². The van der Waals surface area contributed by atoms with Crippen LogP contribution in [0.15, 0.2) is 72.3 Å². The van der Waals surface area contributed by atoms with Gasteiger partial charge in [-0.25, -0.2) is 4.79 Å². The number of carbonyl (C=O) groups is 3. The number of carbonyl (C=O) groups excluding carboxylic acids is 2. The molecule has 9 nitrogen and oxygen atoms in total. The average molecular weight is 519 g/mol. The topological polar surface area (TPSA) is 114 Å². The van der Waals surface area contributed by atoms with Gasteiger partial charge in [0.15, 0.2) is 16.6 Å². The molecule has 3 aromatic rings. The Balaban J connectivity index is 1.55. The highest BCUT2D eigenvalue weighted by molar-refractivity contribution is 7.80. The predicted octanol–water partition coefficient (Wildman–Crippen LogP) is 3.81. The number of benzene rings is 3. The van der Waals surface area contributed by atoms with Gasteiger partial charge < -0.3 is 19.3 Å². The Kier molecular flexibility index (Phi) is 7.49. The van der Waals surface area contributed by atoms with Crippen LogP contribution >= 0.6 is 12.2 Å². The van der Waals surface area contributed by atoms with Crippen molar-refractivity contribution >= 4 is 46.9 Å². The maximum Gasteiger partial charge on any atom is 0.335 e. The molecule has 1 saturated heterocycles. The molecule has 0 spiro atoms. The molecule has 0 aromatic heterocycles. The van der Waals surface area contributed by atoms with Crippen molar-refractivity contribution < 1.29 is 33.7 Å². The molecular weight excluding hydrogens is 496 g/mol. The molecule has 0 saturated carbocycles. The van der Waals surface area contributed by atoms with E-state index in [-0.39, 0.29) is 22.9 Å². The number of carboxylic acids is 1. The van der Waals surface area contributed by atoms with Crippen LogP contribution in [0.5, 0.6) is 17.2 Å². The third-order valence-electron chi connectivity index (χ3n) is 5.53. The minimum atomic E-state index is -1.00. The minimum absolute atomic E-state index is 0.0185. The lowest BCUT2D eigenvalue weighted by Crippen LogP contribution is -2.54. The van der Waals surface area contributed by atoms with E-state index in [0.717, 1.165) is 5.56 Å². The highest BCUT2D eigenvalue weighted by atomic mass is 32.1. The molecule has 188 valence electrons. The van der Waals surface area contributed by atoms with Gasteiger partial charge in [-0.05, 0) is 78.0 Å². The smallest absolute Gasteiger partial charge is 0.335 e. The van der Waals surface area contributed by atoms with Crippen molar-refractivity contribution in [1.82, 2.24) is 5.32 Å². The summed E-state index contributed by atoms with van der Waals surface area (Å²) >= 11 is 5.24. The molecule has 4 rings (SSSR count). The van der Waals surface area contributed by atoms with E-state index < -0.39 is 17.8 Å². The largest absolute Gasteiger partial charge is 0.497 e. The molecule has 0 bridgehead atoms. The van der Waals surface area contributed by atoms with Crippen molar-refractivity contribution in [2.75, 3.05) is 19.1 Å². The minimum Gasteiger partial charge on any atom is -0.497 e. The Morgan fingerprint density at radius 1 is 0.973 bits per heavy atom. The monoisotopic (exact) mass is 518 g/mol. The van der Waals surface area contributed by atoms with E-state index in [2.05, 4.69) is 5.32 Å². The van der Waals surface area contributed by atoms with Crippen molar-refractivity contribution in [2.45, 2.75) is 6.61 Å². The summed E-state index contributed by atoms with van der Waals surface area (Å²) in [5, 5.41) is 11.6. The summed E-state index contributed by atoms with van der Waals surface area (Å²) in [5.41, 5.74) is 1.89. The quantitative estimate of drug-likeness (QED) is 0.263. The van der Waals surface area contributed by atoms with E-state index in [9.17, 15) is 14.4 Å². The first-order valence-electron chi connectivity index (χ1n) is 11.0. The van der Waals surface area contributed by atoms with Crippen molar-refractivity contribution in [3.8, 4) is 17.2 Å². The summed E-state index contributed by atoms with van der Waals surface area (Å²) in [4.78, 5) is 38.1. The second-order valence-electron chi connectivity index (χ2n) is 7.86. The summed E-state index contributed by atoms with van der Waals surface area (Å²) < 4.78 is 16.4. The van der Waals surface area contributed by atoms with Gasteiger partial charge in [0, 0.05) is 0 Å². The van der Waals surface area contributed by atoms with Crippen LogP contribution in [0.3, 0.4) is 0 Å². The third kappa shape index (κ3) is 5.60. The van der Waals surface area contributed by atoms with Crippen LogP contribution in [0.1, 0.15) is 21.5 Å². The molecule has 3 aromatic carbocycles. The van der Waals surface area contributed by atoms with Crippen LogP contribution in [-0.2, 0) is 16.2 Å². The predicted molar refractivity (Wildman–Crippen MR) is 140 cm³/mol. The van der Waals surface area contributed by atoms with E-state index >= 15 is 0 Å². The number of thiocarbonyl (C=S) groups is 1. The number of amides is 2. The van der Waals surface area contributed by atoms with Crippen molar-refractivity contribution in [2.24, 2.45) is 0 Å². The molecule has 2 N–H and O–H groups in total. The molecule has 10 heteroatoms. The Morgan fingerprint density at radius 2 is 1.68 bits per heavy atom. The summed E-state index contributed by atoms with van der Waals surface area (Å²) in [6.07, 6.45) is 1.45. The lowest BCUT2D eigenvalue weighted by atomic mass is 10.1. The number of rotatable bonds is 8. The van der Waals surface area contributed by atoms with Crippen molar-refractivity contribution in [3.05, 3.63) is 89.0 Å². The normalized spacial score (nSPS) is 14.4. The van der Waals surface area contributed by atoms with E-state index in [1.54, 1.807) is 54.6 Å². The van der Waals surface area contributed by atoms with Gasteiger partial charge in [-0.1, -0.05) is 18.2 Å². The Bertz CT molecular complexity index is 1400. The van der Waals surface area contributed by atoms with E-state index in [1.807, 2.05) is 0 Å². The Labute approximate surface area is 217 Å². The average Bonchev–Trinajstić information content (AvgIpc) is 2.90. The molecule has 1 fully saturated rings. The first-order valence-corrected chi connectivity index (χ1v) is 11.4. The lowest BCUT2D eigenvalue weighted by molar-refractivity contribution is -0.122. The van der Waals surface area contributed by atoms with Crippen LogP contribution in [-0.4, -0.2) is 42.2 Å². The van der Waals surface area contributed by atoms with E-state index in [1.165, 1.54) is 37.3 Å². The second-order valence-corrected chi connectivity index (χ2v) is 8.24. The molecule has 2 amide bonds. The maximum atomic E-state index is 13.2. The number of nitrogens with one attached hydrogen (secondary N) is 1. The van der Waals surface area contributed by atoms with Crippen LogP contribution in [0.4, 0.5) is 5.69 Å². The van der Waals surface area contributed by atoms with Crippen LogP contribution in [0.25, 0.3) is 6.08 Å². The fourth-order valence-electron chi connectivity index (χ4n) is 3.59. The zero-order chi connectivity index (χ0) is 26.5. The van der Waals surface area contributed by atoms with Crippen LogP contribution < -0.4 is 24.4 Å². The number of ether oxygens (including phenoxy) is 3. The molecule has 0 unspecified atom stereocenters. The number of methoxy groups -OCH3 is 2. The SMILES string of the molecule is COc1ccc(N2C(=O)/C(=C/c3ccc(OCc4ccc(C(=O)O)cc4)c(OC)c3)C(=O)NC2=S)cc1. The Morgan fingerprint density at radius 3 is 2.30 bits per heavy atom. The van der Waals surface area contributed by atoms with Crippen molar-refractivity contribution in [3.63, 3.8) is 0 Å². The molecule has 37 heavy (non-hydrogen) atoms. The number of aromatic carboxylic acids is 1. The summed E-state index contributed by atoms with van der Waals surface area (Å²) in [5.74, 6) is -0.731. The number of carboxylic acid groups (broad SMARTS) is 1. The number of hydrogen-bond donors (Lipinski definition) is 2. The molecule has 1 aliphatic rings. The van der Waals surface area contributed by atoms with Crippen LogP contribution in [0.2, 0.25) is 0 Å². The molecule has 0 aliphatic carbocycles. The number of anilines is 1. The standard InChI is InChI=1S/C27H22N2O7S/c1-34-20-10-8-19(9-11-20)29-25(31)21(24(30)28-27(29)37)13-17-5-12-22(23(14-17)35-2)36-15-16-3-6-18(7-4-16)26(32)33/h3-14H,15H2,1-2H3,(H,32,33)(H,28,30,37)/b21-13+. The van der Waals surface area contributed by atoms with Gasteiger partial charge in [0.2, 0.25) is 0 Å². The first-order chi connectivity index (χ1) is 17.8. The molecule has 1 aliphatic heterocycles. The van der Waals surface area contributed by atoms with Gasteiger partial charge >= 0.3 is 5.97 Å². The number of hydrogen-bond acceptors (Lipinski definition) is 7. The van der Waals surface area contributed by atoms with Crippen molar-refractivity contribution in [1.29, 1.82) is 0 Å². The van der Waals surface area contributed by atoms with Crippen LogP contribution in [0, 0.1) is 0 Å². The van der Waals surface area contributed by atoms with Gasteiger partial charge in [0.25, 0.3) is 11.8 Å². The Hall–Kier alpha value is -4.70. The second kappa shape index (κ2) is 10.9. The fourth-order valence-corrected chi connectivity index (χ4v) is 3.87. The summed E-state index contributed by atoms with van der Waals surface area (Å²) in [6.45, 7) is 0.186. The zero-order valence-electron chi connectivity index (χ0n) is 19.9. The summed E-state index contributed by atoms with van der Waals surface area (Å²) in [6, 6.07) is 18.0. The lowest BCUT2D eigenvalue weighted by Gasteiger charge is -2.29. The third-order valence-corrected chi connectivity index (χ3v) is 5.81. The van der Waals surface area contributed by atoms with E-state index in [0.29, 0.717) is 28.5 Å². The molecule has 0 radical (unpaired) electrons. The number of nitrogens with zero attached hydrogens (tertiary/aromatic N) is 1. The molecular formula is C27H22N2O7S. The van der Waals surface area contributed by atoms with Gasteiger partial charge in [0.05, 0.1) is 25.5 Å².